The quantitative estimate of drug-likeness (QED) is 0.0832. The molecule has 5 unspecified atom stereocenters. The number of benzene rings is 3. The Bertz CT molecular complexity index is 1930. The molecule has 12 nitrogen and oxygen atoms in total. The maximum Gasteiger partial charge on any atom is 0.309 e. The van der Waals surface area contributed by atoms with Gasteiger partial charge in [0.2, 0.25) is 5.91 Å². The smallest absolute Gasteiger partial charge is 0.309 e. The van der Waals surface area contributed by atoms with Crippen molar-refractivity contribution in [2.24, 2.45) is 10.9 Å². The number of hydrogen-bond donors (Lipinski definition) is 9. The van der Waals surface area contributed by atoms with Crippen LogP contribution in [-0.4, -0.2) is 67.5 Å². The normalized spacial score (nSPS) is 17.2. The van der Waals surface area contributed by atoms with E-state index in [-0.39, 0.29) is 37.0 Å². The number of aliphatic hydroxyl groups is 3. The minimum absolute atomic E-state index is 0.0269. The van der Waals surface area contributed by atoms with E-state index < -0.39 is 42.1 Å². The molecule has 51 heavy (non-hydrogen) atoms. The molecule has 5 atom stereocenters. The molecule has 9 N–H and O–H groups in total. The van der Waals surface area contributed by atoms with Crippen molar-refractivity contribution in [1.29, 1.82) is 0 Å². The van der Waals surface area contributed by atoms with Crippen LogP contribution in [0.3, 0.4) is 0 Å². The maximum atomic E-state index is 13.6. The van der Waals surface area contributed by atoms with Gasteiger partial charge in [-0.2, -0.15) is 0 Å². The fourth-order valence-corrected chi connectivity index (χ4v) is 7.29. The number of aromatic hydroxyl groups is 1. The number of carboxylic acids is 1. The number of nitrogens with one attached hydrogen (secondary N) is 4. The number of fused-ring (bicyclic) bond motifs is 1. The second-order valence-corrected chi connectivity index (χ2v) is 15.6. The van der Waals surface area contributed by atoms with E-state index in [1.54, 1.807) is 12.1 Å². The number of nitrogens with zero attached hydrogens (tertiary/aromatic N) is 1. The number of aliphatic carboxylic acids is 1. The molecule has 1 aliphatic rings. The van der Waals surface area contributed by atoms with Crippen LogP contribution in [-0.2, 0) is 15.0 Å². The first-order valence-corrected chi connectivity index (χ1v) is 18.2. The molecule has 14 heteroatoms. The van der Waals surface area contributed by atoms with E-state index in [9.17, 15) is 35.1 Å². The van der Waals surface area contributed by atoms with Gasteiger partial charge in [0, 0.05) is 44.6 Å². The molecule has 1 aliphatic heterocycles. The first-order valence-electron chi connectivity index (χ1n) is 16.6. The van der Waals surface area contributed by atoms with Crippen LogP contribution in [0.25, 0.3) is 10.9 Å². The van der Waals surface area contributed by atoms with Crippen LogP contribution in [0, 0.1) is 5.92 Å². The molecule has 0 radical (unpaired) electrons. The lowest BCUT2D eigenvalue weighted by Crippen LogP contribution is -2.42. The van der Waals surface area contributed by atoms with Crippen molar-refractivity contribution in [3.63, 3.8) is 0 Å². The Morgan fingerprint density at radius 2 is 1.76 bits per heavy atom. The minimum Gasteiger partial charge on any atom is -0.508 e. The molecule has 4 aromatic rings. The summed E-state index contributed by atoms with van der Waals surface area (Å²) < 4.78 is 1.34. The standard InChI is InChI=1S/C37H43Br2N5O7/c1-37(2,3)21-10-20(11-22(38)14-21)33(27(35(50)51)16-30(48)34-32(39)26-6-4-5-7-28(26)43-34)44-31(49)9-8-29(47)19-12-23(15-24(45)13-19)42-36-40-17-25(46)18-41-36/h4-7,10-15,25,27,29-30,33,43,45-48H,8-9,16-18H2,1-3H3,(H,44,49)(H,50,51)(H2,40,41,42). The molecule has 0 aliphatic carbocycles. The van der Waals surface area contributed by atoms with Crippen LogP contribution in [0.4, 0.5) is 5.69 Å². The van der Waals surface area contributed by atoms with Gasteiger partial charge in [-0.1, -0.05) is 61.0 Å². The largest absolute Gasteiger partial charge is 0.508 e. The summed E-state index contributed by atoms with van der Waals surface area (Å²) in [6, 6.07) is 16.5. The number of aromatic amines is 1. The Hall–Kier alpha value is -3.95. The maximum absolute atomic E-state index is 13.6. The monoisotopic (exact) mass is 827 g/mol. The van der Waals surface area contributed by atoms with Crippen LogP contribution in [0.15, 0.2) is 74.6 Å². The zero-order chi connectivity index (χ0) is 37.0. The highest BCUT2D eigenvalue weighted by molar-refractivity contribution is 9.11. The summed E-state index contributed by atoms with van der Waals surface area (Å²) >= 11 is 7.12. The van der Waals surface area contributed by atoms with Crippen LogP contribution in [0.1, 0.15) is 80.7 Å². The van der Waals surface area contributed by atoms with Crippen molar-refractivity contribution in [1.82, 2.24) is 15.6 Å². The first kappa shape index (κ1) is 38.3. The number of phenols is 1. The number of carboxylic acid groups (broad SMARTS) is 1. The molecule has 2 heterocycles. The fraction of sp³-hybridized carbons (Fsp3) is 0.378. The number of halogens is 2. The second-order valence-electron chi connectivity index (χ2n) is 13.9. The molecular formula is C37H43Br2N5O7. The summed E-state index contributed by atoms with van der Waals surface area (Å²) in [5.41, 5.74) is 3.20. The van der Waals surface area contributed by atoms with Gasteiger partial charge in [-0.15, -0.1) is 0 Å². The third-order valence-corrected chi connectivity index (χ3v) is 10.2. The minimum atomic E-state index is -1.24. The van der Waals surface area contributed by atoms with E-state index in [1.165, 1.54) is 12.1 Å². The Morgan fingerprint density at radius 1 is 1.02 bits per heavy atom. The predicted molar refractivity (Wildman–Crippen MR) is 203 cm³/mol. The predicted octanol–water partition coefficient (Wildman–Crippen LogP) is 5.92. The summed E-state index contributed by atoms with van der Waals surface area (Å²) in [7, 11) is 0. The van der Waals surface area contributed by atoms with Gasteiger partial charge < -0.3 is 46.5 Å². The van der Waals surface area contributed by atoms with E-state index in [1.807, 2.05) is 57.2 Å². The van der Waals surface area contributed by atoms with Gasteiger partial charge in [0.15, 0.2) is 5.96 Å². The summed E-state index contributed by atoms with van der Waals surface area (Å²) in [5.74, 6) is -2.64. The average Bonchev–Trinajstić information content (AvgIpc) is 3.41. The van der Waals surface area contributed by atoms with Gasteiger partial charge in [-0.05, 0) is 81.2 Å². The van der Waals surface area contributed by atoms with Crippen LogP contribution >= 0.6 is 31.9 Å². The number of aliphatic imine (C=N–C) groups is 1. The van der Waals surface area contributed by atoms with Crippen LogP contribution in [0.2, 0.25) is 0 Å². The van der Waals surface area contributed by atoms with E-state index in [0.29, 0.717) is 44.0 Å². The zero-order valence-electron chi connectivity index (χ0n) is 28.5. The number of hydrogen-bond acceptors (Lipinski definition) is 9. The van der Waals surface area contributed by atoms with Crippen molar-refractivity contribution in [3.05, 3.63) is 92.0 Å². The van der Waals surface area contributed by atoms with E-state index in [0.717, 1.165) is 16.5 Å². The number of para-hydroxylation sites is 1. The van der Waals surface area contributed by atoms with Gasteiger partial charge in [-0.25, -0.2) is 0 Å². The third-order valence-electron chi connectivity index (χ3n) is 8.86. The highest BCUT2D eigenvalue weighted by Gasteiger charge is 2.35. The highest BCUT2D eigenvalue weighted by Crippen LogP contribution is 2.38. The van der Waals surface area contributed by atoms with Crippen molar-refractivity contribution in [2.45, 2.75) is 69.8 Å². The summed E-state index contributed by atoms with van der Waals surface area (Å²) in [6.07, 6.45) is -3.35. The van der Waals surface area contributed by atoms with Crippen molar-refractivity contribution in [3.8, 4) is 5.75 Å². The van der Waals surface area contributed by atoms with Gasteiger partial charge in [-0.3, -0.25) is 14.6 Å². The molecule has 0 bridgehead atoms. The van der Waals surface area contributed by atoms with E-state index in [4.69, 9.17) is 0 Å². The van der Waals surface area contributed by atoms with Gasteiger partial charge in [0.05, 0.1) is 42.5 Å². The zero-order valence-corrected chi connectivity index (χ0v) is 31.6. The number of anilines is 1. The number of carbonyl (C=O) groups is 2. The second kappa shape index (κ2) is 16.2. The van der Waals surface area contributed by atoms with Crippen LogP contribution in [0.5, 0.6) is 5.75 Å². The number of aromatic nitrogens is 1. The van der Waals surface area contributed by atoms with Crippen LogP contribution < -0.4 is 16.0 Å². The number of guanidine groups is 1. The Labute approximate surface area is 312 Å². The molecular weight excluding hydrogens is 786 g/mol. The number of amides is 1. The van der Waals surface area contributed by atoms with Gasteiger partial charge in [0.25, 0.3) is 0 Å². The Balaban J connectivity index is 1.37. The third kappa shape index (κ3) is 9.69. The summed E-state index contributed by atoms with van der Waals surface area (Å²) in [6.45, 7) is 6.64. The van der Waals surface area contributed by atoms with Gasteiger partial charge in [0.1, 0.15) is 5.75 Å². The van der Waals surface area contributed by atoms with E-state index >= 15 is 0 Å². The molecule has 0 saturated heterocycles. The molecule has 0 spiro atoms. The molecule has 272 valence electrons. The van der Waals surface area contributed by atoms with Gasteiger partial charge >= 0.3 is 5.97 Å². The number of aliphatic hydroxyl groups excluding tert-OH is 3. The van der Waals surface area contributed by atoms with Crippen molar-refractivity contribution < 1.29 is 35.1 Å². The van der Waals surface area contributed by atoms with Crippen molar-refractivity contribution in [2.75, 3.05) is 18.4 Å². The Kier molecular flexibility index (Phi) is 12.1. The molecule has 1 amide bonds. The lowest BCUT2D eigenvalue weighted by molar-refractivity contribution is -0.144. The SMILES string of the molecule is CC(C)(C)c1cc(Br)cc(C(NC(=O)CCC(O)c2cc(O)cc(NC3=NCC(O)CN3)c2)C(CC(O)c2[nH]c3ccccc3c2Br)C(=O)O)c1. The summed E-state index contributed by atoms with van der Waals surface area (Å²) in [5, 5.41) is 62.8. The number of β-amino-alcohol motifs (C(OH)–C–C–N with tert-alkyl or cyclic N) is 1. The number of rotatable bonds is 12. The number of carbonyl (C=O) groups excluding carboxylic acids is 1. The first-order chi connectivity index (χ1) is 24.1. The molecule has 0 fully saturated rings. The summed E-state index contributed by atoms with van der Waals surface area (Å²) in [4.78, 5) is 34.0. The molecule has 5 rings (SSSR count). The lowest BCUT2D eigenvalue weighted by atomic mass is 9.82. The Morgan fingerprint density at radius 3 is 2.43 bits per heavy atom. The van der Waals surface area contributed by atoms with E-state index in [2.05, 4.69) is 57.8 Å². The number of H-pyrrole nitrogens is 1. The fourth-order valence-electron chi connectivity index (χ4n) is 6.07. The molecule has 0 saturated carbocycles. The highest BCUT2D eigenvalue weighted by atomic mass is 79.9. The van der Waals surface area contributed by atoms with Crippen molar-refractivity contribution >= 4 is 66.3 Å². The molecule has 3 aromatic carbocycles. The molecule has 1 aromatic heterocycles. The lowest BCUT2D eigenvalue weighted by Gasteiger charge is -2.29. The topological polar surface area (TPSA) is 200 Å². The number of phenolic OH excluding ortho intramolecular Hbond substituents is 1. The average molecular weight is 830 g/mol.